The molecule has 0 unspecified atom stereocenters. The van der Waals surface area contributed by atoms with Crippen molar-refractivity contribution in [1.82, 2.24) is 0 Å². The molecule has 0 bridgehead atoms. The van der Waals surface area contributed by atoms with Crippen LogP contribution in [0.15, 0.2) is 312 Å². The van der Waals surface area contributed by atoms with Crippen LogP contribution in [0, 0.1) is 0 Å². The van der Waals surface area contributed by atoms with Crippen LogP contribution < -0.4 is 9.80 Å². The first kappa shape index (κ1) is 53.6. The summed E-state index contributed by atoms with van der Waals surface area (Å²) in [4.78, 5) is 4.77. The summed E-state index contributed by atoms with van der Waals surface area (Å²) in [5.74, 6) is 0. The topological polar surface area (TPSA) is 32.8 Å². The first-order valence-corrected chi connectivity index (χ1v) is 32.0. The fourth-order valence-electron chi connectivity index (χ4n) is 15.5. The maximum atomic E-state index is 7.20. The second-order valence-electron chi connectivity index (χ2n) is 25.9. The van der Waals surface area contributed by atoms with Crippen molar-refractivity contribution in [2.45, 2.75) is 38.5 Å². The van der Waals surface area contributed by atoms with Crippen molar-refractivity contribution in [3.05, 3.63) is 326 Å². The normalized spacial score (nSPS) is 13.4. The van der Waals surface area contributed by atoms with E-state index in [0.29, 0.717) is 0 Å². The molecule has 2 aliphatic rings. The second-order valence-corrected chi connectivity index (χ2v) is 25.9. The van der Waals surface area contributed by atoms with Gasteiger partial charge < -0.3 is 18.6 Å². The minimum atomic E-state index is -0.380. The van der Waals surface area contributed by atoms with Gasteiger partial charge in [-0.15, -0.1) is 0 Å². The molecule has 0 amide bonds. The molecule has 0 atom stereocenters. The van der Waals surface area contributed by atoms with E-state index in [4.69, 9.17) is 8.83 Å². The van der Waals surface area contributed by atoms with Gasteiger partial charge >= 0.3 is 0 Å². The number of furan rings is 2. The van der Waals surface area contributed by atoms with Gasteiger partial charge in [0.05, 0.1) is 5.69 Å². The third-order valence-corrected chi connectivity index (χ3v) is 20.0. The summed E-state index contributed by atoms with van der Waals surface area (Å²) in [7, 11) is 0. The van der Waals surface area contributed by atoms with Crippen molar-refractivity contribution in [3.63, 3.8) is 0 Å². The van der Waals surface area contributed by atoms with E-state index in [9.17, 15) is 0 Å². The van der Waals surface area contributed by atoms with E-state index in [1.165, 1.54) is 83.1 Å². The first-order valence-electron chi connectivity index (χ1n) is 32.0. The Bertz CT molecular complexity index is 5530. The molecule has 92 heavy (non-hydrogen) atoms. The fraction of sp³-hybridized carbons (Fsp3) is 0.0682. The Kier molecular flexibility index (Phi) is 12.0. The van der Waals surface area contributed by atoms with E-state index in [1.54, 1.807) is 0 Å². The zero-order chi connectivity index (χ0) is 61.4. The van der Waals surface area contributed by atoms with E-state index < -0.39 is 0 Å². The highest BCUT2D eigenvalue weighted by Gasteiger charge is 2.40. The first-order chi connectivity index (χ1) is 45.1. The molecule has 2 aliphatic carbocycles. The highest BCUT2D eigenvalue weighted by atomic mass is 16.3. The number of para-hydroxylation sites is 2. The number of hydrogen-bond acceptors (Lipinski definition) is 4. The Morgan fingerprint density at radius 3 is 1.50 bits per heavy atom. The highest BCUT2D eigenvalue weighted by Crippen LogP contribution is 2.57. The van der Waals surface area contributed by atoms with Crippen molar-refractivity contribution in [2.75, 3.05) is 9.80 Å². The predicted octanol–water partition coefficient (Wildman–Crippen LogP) is 24.9. The zero-order valence-electron chi connectivity index (χ0n) is 51.6. The largest absolute Gasteiger partial charge is 0.455 e. The highest BCUT2D eigenvalue weighted by molar-refractivity contribution is 6.18. The minimum absolute atomic E-state index is 0.146. The van der Waals surface area contributed by atoms with Crippen molar-refractivity contribution in [1.29, 1.82) is 0 Å². The molecule has 2 aromatic heterocycles. The van der Waals surface area contributed by atoms with Crippen LogP contribution in [0.3, 0.4) is 0 Å². The summed E-state index contributed by atoms with van der Waals surface area (Å²) >= 11 is 0. The maximum absolute atomic E-state index is 7.20. The number of nitrogens with zero attached hydrogens (tertiary/aromatic N) is 2. The lowest BCUT2D eigenvalue weighted by Gasteiger charge is -2.28. The van der Waals surface area contributed by atoms with Gasteiger partial charge in [-0.25, -0.2) is 0 Å². The molecule has 0 fully saturated rings. The molecular weight excluding hydrogens is 1120 g/mol. The summed E-state index contributed by atoms with van der Waals surface area (Å²) in [6.07, 6.45) is 0. The Morgan fingerprint density at radius 2 is 0.783 bits per heavy atom. The van der Waals surface area contributed by atoms with Crippen LogP contribution in [0.4, 0.5) is 34.1 Å². The molecule has 14 aromatic carbocycles. The van der Waals surface area contributed by atoms with Crippen LogP contribution in [0.2, 0.25) is 0 Å². The van der Waals surface area contributed by atoms with Crippen molar-refractivity contribution < 1.29 is 8.83 Å². The van der Waals surface area contributed by atoms with Gasteiger partial charge in [0.2, 0.25) is 0 Å². The Morgan fingerprint density at radius 1 is 0.272 bits per heavy atom. The number of benzene rings is 14. The van der Waals surface area contributed by atoms with Crippen LogP contribution >= 0.6 is 0 Å². The molecule has 0 saturated heterocycles. The van der Waals surface area contributed by atoms with Gasteiger partial charge in [0.15, 0.2) is 5.58 Å². The summed E-state index contributed by atoms with van der Waals surface area (Å²) < 4.78 is 14.4. The summed E-state index contributed by atoms with van der Waals surface area (Å²) in [6.45, 7) is 9.46. The molecular formula is C88H62N2O2. The fourth-order valence-corrected chi connectivity index (χ4v) is 15.5. The Labute approximate surface area is 535 Å². The summed E-state index contributed by atoms with van der Waals surface area (Å²) in [6, 6.07) is 111. The van der Waals surface area contributed by atoms with E-state index in [0.717, 1.165) is 94.7 Å². The van der Waals surface area contributed by atoms with Crippen LogP contribution in [0.25, 0.3) is 121 Å². The molecule has 18 rings (SSSR count). The smallest absolute Gasteiger partial charge is 0.159 e. The zero-order valence-corrected chi connectivity index (χ0v) is 51.6. The van der Waals surface area contributed by atoms with Gasteiger partial charge in [0, 0.05) is 66.4 Å². The molecule has 436 valence electrons. The van der Waals surface area contributed by atoms with E-state index in [1.807, 2.05) is 0 Å². The van der Waals surface area contributed by atoms with Crippen molar-refractivity contribution >= 4 is 88.8 Å². The molecule has 2 heterocycles. The molecule has 0 aliphatic heterocycles. The number of anilines is 6. The summed E-state index contributed by atoms with van der Waals surface area (Å²) in [5.41, 5.74) is 28.6. The maximum Gasteiger partial charge on any atom is 0.159 e. The standard InChI is InChI=1S/C88H62N2O2/c1-87(2)75-30-14-13-26-72(75)81-76(87)49-51-79-82(81)73-29-17-31-78(86(73)92-79)90(66-44-38-60(39-45-66)62-33-32-57-22-11-12-23-61(57)52-62)67-25-15-24-63(53-67)69-27-16-28-74-83-80(91-85(69)74)50-48-71-70-47-46-68(54-77(70)88(3,4)84(71)83)89(64-40-34-58(35-41-64)55-18-7-5-8-19-55)65-42-36-59(37-43-65)56-20-9-6-10-21-56/h5-54H,1-4H3. The van der Waals surface area contributed by atoms with Crippen molar-refractivity contribution in [3.8, 4) is 66.8 Å². The van der Waals surface area contributed by atoms with Crippen LogP contribution in [0.5, 0.6) is 0 Å². The van der Waals surface area contributed by atoms with Crippen LogP contribution in [-0.4, -0.2) is 0 Å². The summed E-state index contributed by atoms with van der Waals surface area (Å²) in [5, 5.41) is 6.96. The molecule has 0 saturated carbocycles. The van der Waals surface area contributed by atoms with Gasteiger partial charge in [-0.1, -0.05) is 246 Å². The second kappa shape index (κ2) is 20.5. The lowest BCUT2D eigenvalue weighted by molar-refractivity contribution is 0.656. The van der Waals surface area contributed by atoms with E-state index >= 15 is 0 Å². The monoisotopic (exact) mass is 1180 g/mol. The molecule has 16 aromatic rings. The van der Waals surface area contributed by atoms with Gasteiger partial charge in [-0.05, 0) is 179 Å². The van der Waals surface area contributed by atoms with E-state index in [-0.39, 0.29) is 10.8 Å². The van der Waals surface area contributed by atoms with Gasteiger partial charge in [0.25, 0.3) is 0 Å². The van der Waals surface area contributed by atoms with Gasteiger partial charge in [0.1, 0.15) is 16.7 Å². The van der Waals surface area contributed by atoms with Crippen molar-refractivity contribution in [2.24, 2.45) is 0 Å². The molecule has 0 spiro atoms. The van der Waals surface area contributed by atoms with Crippen LogP contribution in [0.1, 0.15) is 49.9 Å². The molecule has 4 heteroatoms. The average molecular weight is 1180 g/mol. The SMILES string of the molecule is CC1(C)c2ccccc2-c2c1ccc1oc3c(N(c4ccc(-c5ccc6ccccc6c5)cc4)c4cccc(-c5cccc6c5oc5ccc7c(c56)C(C)(C)c5cc(N(c6ccc(-c8ccccc8)cc6)c6ccc(-c8ccccc8)cc6)ccc5-7)c4)cccc3c21. The Hall–Kier alpha value is -11.5. The lowest BCUT2D eigenvalue weighted by Crippen LogP contribution is -2.17. The van der Waals surface area contributed by atoms with E-state index in [2.05, 4.69) is 341 Å². The molecule has 0 N–H and O–H groups in total. The van der Waals surface area contributed by atoms with Gasteiger partial charge in [-0.2, -0.15) is 0 Å². The number of hydrogen-bond donors (Lipinski definition) is 0. The Balaban J connectivity index is 0.751. The van der Waals surface area contributed by atoms with Crippen LogP contribution in [-0.2, 0) is 10.8 Å². The molecule has 4 nitrogen and oxygen atoms in total. The number of fused-ring (bicyclic) bond motifs is 15. The predicted molar refractivity (Wildman–Crippen MR) is 385 cm³/mol. The third kappa shape index (κ3) is 8.30. The third-order valence-electron chi connectivity index (χ3n) is 20.0. The minimum Gasteiger partial charge on any atom is -0.455 e. The number of rotatable bonds is 10. The lowest BCUT2D eigenvalue weighted by atomic mass is 9.80. The average Bonchev–Trinajstić information content (AvgIpc) is 1.56. The molecule has 0 radical (unpaired) electrons. The van der Waals surface area contributed by atoms with Gasteiger partial charge in [-0.3, -0.25) is 0 Å². The quantitative estimate of drug-likeness (QED) is 0.137.